The summed E-state index contributed by atoms with van der Waals surface area (Å²) in [6, 6.07) is 9.74. The average molecular weight is 289 g/mol. The lowest BCUT2D eigenvalue weighted by Gasteiger charge is -2.38. The van der Waals surface area contributed by atoms with Crippen molar-refractivity contribution in [1.29, 1.82) is 0 Å². The van der Waals surface area contributed by atoms with Crippen molar-refractivity contribution in [3.63, 3.8) is 0 Å². The highest BCUT2D eigenvalue weighted by Crippen LogP contribution is 2.48. The number of hydrogen-bond donors (Lipinski definition) is 1. The molecule has 2 atom stereocenters. The van der Waals surface area contributed by atoms with Gasteiger partial charge in [-0.25, -0.2) is 0 Å². The van der Waals surface area contributed by atoms with Gasteiger partial charge in [0.05, 0.1) is 12.6 Å². The van der Waals surface area contributed by atoms with Gasteiger partial charge in [-0.3, -0.25) is 9.59 Å². The van der Waals surface area contributed by atoms with Crippen LogP contribution < -0.4 is 0 Å². The molecule has 0 unspecified atom stereocenters. The number of morpholine rings is 1. The second kappa shape index (κ2) is 5.15. The first-order chi connectivity index (χ1) is 10.0. The Balaban J connectivity index is 1.78. The molecule has 5 heteroatoms. The molecule has 5 nitrogen and oxygen atoms in total. The Bertz CT molecular complexity index is 553. The predicted molar refractivity (Wildman–Crippen MR) is 75.6 cm³/mol. The third-order valence-corrected chi connectivity index (χ3v) is 4.29. The van der Waals surface area contributed by atoms with E-state index in [0.29, 0.717) is 25.9 Å². The van der Waals surface area contributed by atoms with Crippen molar-refractivity contribution in [2.24, 2.45) is 5.41 Å². The zero-order valence-corrected chi connectivity index (χ0v) is 12.0. The van der Waals surface area contributed by atoms with Crippen molar-refractivity contribution in [2.75, 3.05) is 13.1 Å². The number of hydrogen-bond acceptors (Lipinski definition) is 3. The summed E-state index contributed by atoms with van der Waals surface area (Å²) in [4.78, 5) is 25.5. The summed E-state index contributed by atoms with van der Waals surface area (Å²) in [6.07, 6.45) is 0.604. The summed E-state index contributed by atoms with van der Waals surface area (Å²) in [5.74, 6) is -1.26. The van der Waals surface area contributed by atoms with Crippen LogP contribution in [0.2, 0.25) is 0 Å². The fraction of sp³-hybridized carbons (Fsp3) is 0.500. The van der Waals surface area contributed by atoms with Crippen LogP contribution in [-0.4, -0.2) is 41.1 Å². The number of amides is 1. The summed E-state index contributed by atoms with van der Waals surface area (Å²) in [6.45, 7) is 2.79. The van der Waals surface area contributed by atoms with Crippen LogP contribution in [0.5, 0.6) is 0 Å². The van der Waals surface area contributed by atoms with Gasteiger partial charge in [0.1, 0.15) is 11.5 Å². The lowest BCUT2D eigenvalue weighted by Crippen LogP contribution is -2.50. The van der Waals surface area contributed by atoms with Gasteiger partial charge in [0.25, 0.3) is 0 Å². The van der Waals surface area contributed by atoms with Crippen molar-refractivity contribution in [3.8, 4) is 0 Å². The van der Waals surface area contributed by atoms with Crippen LogP contribution in [0.4, 0.5) is 0 Å². The molecule has 1 aromatic carbocycles. The maximum atomic E-state index is 12.5. The van der Waals surface area contributed by atoms with Crippen LogP contribution >= 0.6 is 0 Å². The normalized spacial score (nSPS) is 27.2. The lowest BCUT2D eigenvalue weighted by molar-refractivity contribution is -0.160. The third kappa shape index (κ3) is 2.53. The molecule has 0 spiro atoms. The van der Waals surface area contributed by atoms with Crippen LogP contribution in [0.1, 0.15) is 31.4 Å². The molecule has 0 radical (unpaired) electrons. The number of carboxylic acid groups (broad SMARTS) is 1. The highest BCUT2D eigenvalue weighted by molar-refractivity contribution is 6.04. The molecule has 2 fully saturated rings. The number of nitrogens with zero attached hydrogens (tertiary/aromatic N) is 1. The molecule has 1 saturated carbocycles. The van der Waals surface area contributed by atoms with E-state index in [1.165, 1.54) is 0 Å². The molecule has 1 aromatic rings. The fourth-order valence-corrected chi connectivity index (χ4v) is 2.92. The molecule has 1 heterocycles. The largest absolute Gasteiger partial charge is 0.480 e. The van der Waals surface area contributed by atoms with Gasteiger partial charge in [-0.2, -0.15) is 0 Å². The molecule has 0 aromatic heterocycles. The number of aliphatic carboxylic acids is 1. The van der Waals surface area contributed by atoms with Crippen molar-refractivity contribution >= 4 is 11.9 Å². The zero-order valence-electron chi connectivity index (χ0n) is 12.0. The highest BCUT2D eigenvalue weighted by atomic mass is 16.5. The molecule has 1 aliphatic carbocycles. The molecule has 1 saturated heterocycles. The molecular formula is C16H19NO4. The fourth-order valence-electron chi connectivity index (χ4n) is 2.92. The van der Waals surface area contributed by atoms with Gasteiger partial charge in [-0.05, 0) is 25.3 Å². The summed E-state index contributed by atoms with van der Waals surface area (Å²) in [5.41, 5.74) is -0.153. The van der Waals surface area contributed by atoms with Gasteiger partial charge in [-0.15, -0.1) is 0 Å². The highest BCUT2D eigenvalue weighted by Gasteiger charge is 2.59. The average Bonchev–Trinajstić information content (AvgIpc) is 3.28. The van der Waals surface area contributed by atoms with Crippen molar-refractivity contribution in [1.82, 2.24) is 4.90 Å². The third-order valence-electron chi connectivity index (χ3n) is 4.29. The second-order valence-corrected chi connectivity index (χ2v) is 5.94. The van der Waals surface area contributed by atoms with Gasteiger partial charge < -0.3 is 14.7 Å². The Kier molecular flexibility index (Phi) is 3.45. The Morgan fingerprint density at radius 3 is 2.48 bits per heavy atom. The Hall–Kier alpha value is -1.88. The Labute approximate surface area is 123 Å². The molecule has 2 aliphatic rings. The van der Waals surface area contributed by atoms with E-state index in [4.69, 9.17) is 4.74 Å². The topological polar surface area (TPSA) is 66.8 Å². The summed E-state index contributed by atoms with van der Waals surface area (Å²) < 4.78 is 5.90. The van der Waals surface area contributed by atoms with E-state index in [0.717, 1.165) is 5.56 Å². The van der Waals surface area contributed by atoms with Gasteiger partial charge in [-0.1, -0.05) is 30.3 Å². The summed E-state index contributed by atoms with van der Waals surface area (Å²) in [5, 5.41) is 9.27. The Morgan fingerprint density at radius 2 is 1.90 bits per heavy atom. The molecule has 1 aliphatic heterocycles. The van der Waals surface area contributed by atoms with Crippen molar-refractivity contribution < 1.29 is 19.4 Å². The maximum absolute atomic E-state index is 12.5. The van der Waals surface area contributed by atoms with E-state index in [-0.39, 0.29) is 18.1 Å². The predicted octanol–water partition coefficient (Wildman–Crippen LogP) is 1.84. The number of carboxylic acids is 1. The lowest BCUT2D eigenvalue weighted by atomic mass is 10.0. The van der Waals surface area contributed by atoms with E-state index < -0.39 is 11.4 Å². The van der Waals surface area contributed by atoms with Gasteiger partial charge >= 0.3 is 5.97 Å². The number of carbonyl (C=O) groups is 2. The van der Waals surface area contributed by atoms with E-state index in [9.17, 15) is 14.7 Å². The first-order valence-corrected chi connectivity index (χ1v) is 7.26. The SMILES string of the molecule is C[C@H]1CN(C(=O)C2(C(=O)O)CC2)C[C@H](c2ccccc2)O1. The standard InChI is InChI=1S/C16H19NO4/c1-11-9-17(14(18)16(7-8-16)15(19)20)10-13(21-11)12-5-3-2-4-6-12/h2-6,11,13H,7-10H2,1H3,(H,19,20)/t11-,13+/m0/s1. The number of benzene rings is 1. The van der Waals surface area contributed by atoms with E-state index >= 15 is 0 Å². The number of ether oxygens (including phenoxy) is 1. The monoisotopic (exact) mass is 289 g/mol. The van der Waals surface area contributed by atoms with Crippen LogP contribution in [0, 0.1) is 5.41 Å². The molecular weight excluding hydrogens is 270 g/mol. The summed E-state index contributed by atoms with van der Waals surface area (Å²) >= 11 is 0. The van der Waals surface area contributed by atoms with Gasteiger partial charge in [0.15, 0.2) is 0 Å². The van der Waals surface area contributed by atoms with E-state index in [2.05, 4.69) is 0 Å². The minimum Gasteiger partial charge on any atom is -0.480 e. The van der Waals surface area contributed by atoms with Crippen LogP contribution in [0.25, 0.3) is 0 Å². The first-order valence-electron chi connectivity index (χ1n) is 7.26. The van der Waals surface area contributed by atoms with Crippen LogP contribution in [-0.2, 0) is 14.3 Å². The Morgan fingerprint density at radius 1 is 1.24 bits per heavy atom. The van der Waals surface area contributed by atoms with E-state index in [1.807, 2.05) is 37.3 Å². The number of rotatable bonds is 3. The quantitative estimate of drug-likeness (QED) is 0.862. The number of carbonyl (C=O) groups excluding carboxylic acids is 1. The van der Waals surface area contributed by atoms with Gasteiger partial charge in [0.2, 0.25) is 5.91 Å². The minimum absolute atomic E-state index is 0.0995. The molecule has 112 valence electrons. The van der Waals surface area contributed by atoms with Crippen molar-refractivity contribution in [2.45, 2.75) is 32.0 Å². The smallest absolute Gasteiger partial charge is 0.319 e. The molecule has 3 rings (SSSR count). The molecule has 1 N–H and O–H groups in total. The van der Waals surface area contributed by atoms with Crippen LogP contribution in [0.15, 0.2) is 30.3 Å². The van der Waals surface area contributed by atoms with Crippen molar-refractivity contribution in [3.05, 3.63) is 35.9 Å². The molecule has 0 bridgehead atoms. The second-order valence-electron chi connectivity index (χ2n) is 5.94. The van der Waals surface area contributed by atoms with E-state index in [1.54, 1.807) is 4.90 Å². The van der Waals surface area contributed by atoms with Gasteiger partial charge in [0, 0.05) is 6.54 Å². The zero-order chi connectivity index (χ0) is 15.0. The minimum atomic E-state index is -1.17. The molecule has 21 heavy (non-hydrogen) atoms. The van der Waals surface area contributed by atoms with Crippen LogP contribution in [0.3, 0.4) is 0 Å². The first kappa shape index (κ1) is 14.1. The maximum Gasteiger partial charge on any atom is 0.319 e. The summed E-state index contributed by atoms with van der Waals surface area (Å²) in [7, 11) is 0. The molecule has 1 amide bonds.